The van der Waals surface area contributed by atoms with E-state index in [4.69, 9.17) is 0 Å². The minimum atomic E-state index is -3.64. The Labute approximate surface area is 153 Å². The van der Waals surface area contributed by atoms with Gasteiger partial charge in [0, 0.05) is 17.5 Å². The van der Waals surface area contributed by atoms with E-state index in [-0.39, 0.29) is 5.92 Å². The molecule has 0 fully saturated rings. The van der Waals surface area contributed by atoms with Crippen molar-refractivity contribution in [2.24, 2.45) is 0 Å². The van der Waals surface area contributed by atoms with Crippen molar-refractivity contribution in [3.8, 4) is 0 Å². The molecule has 3 aromatic carbocycles. The quantitative estimate of drug-likeness (QED) is 0.511. The maximum absolute atomic E-state index is 13.2. The molecule has 26 heavy (non-hydrogen) atoms. The first-order valence-corrected chi connectivity index (χ1v) is 9.98. The number of fused-ring (bicyclic) bond motifs is 1. The lowest BCUT2D eigenvalue weighted by Gasteiger charge is -2.11. The van der Waals surface area contributed by atoms with Crippen molar-refractivity contribution in [2.45, 2.75) is 17.7 Å². The maximum atomic E-state index is 13.2. The molecule has 0 spiro atoms. The zero-order valence-corrected chi connectivity index (χ0v) is 15.2. The third kappa shape index (κ3) is 2.72. The Bertz CT molecular complexity index is 1150. The molecule has 0 unspecified atom stereocenters. The molecule has 130 valence electrons. The molecule has 0 radical (unpaired) electrons. The number of nitrogens with zero attached hydrogens (tertiary/aromatic N) is 1. The molecular formula is C22H19NO2S. The van der Waals surface area contributed by atoms with Crippen LogP contribution in [0.25, 0.3) is 10.9 Å². The van der Waals surface area contributed by atoms with Crippen LogP contribution >= 0.6 is 0 Å². The summed E-state index contributed by atoms with van der Waals surface area (Å²) < 4.78 is 27.8. The number of hydrogen-bond donors (Lipinski definition) is 0. The van der Waals surface area contributed by atoms with E-state index < -0.39 is 10.0 Å². The molecule has 4 rings (SSSR count). The molecule has 0 saturated carbocycles. The van der Waals surface area contributed by atoms with Gasteiger partial charge < -0.3 is 0 Å². The van der Waals surface area contributed by atoms with Crippen LogP contribution in [0.1, 0.15) is 24.0 Å². The van der Waals surface area contributed by atoms with E-state index in [2.05, 4.69) is 19.1 Å². The SMILES string of the molecule is C[C@@H](c1ccccc1)c1cn(S(=O)(=O)c2ccccc2)c2ccccc12. The first-order chi connectivity index (χ1) is 12.6. The van der Waals surface area contributed by atoms with Crippen LogP contribution in [0.3, 0.4) is 0 Å². The van der Waals surface area contributed by atoms with E-state index in [1.807, 2.05) is 48.5 Å². The largest absolute Gasteiger partial charge is 0.268 e. The van der Waals surface area contributed by atoms with Gasteiger partial charge in [-0.25, -0.2) is 12.4 Å². The Hall–Kier alpha value is -2.85. The Kier molecular flexibility index (Phi) is 4.13. The summed E-state index contributed by atoms with van der Waals surface area (Å²) in [4.78, 5) is 0.291. The molecule has 0 bridgehead atoms. The summed E-state index contributed by atoms with van der Waals surface area (Å²) in [7, 11) is -3.64. The minimum Gasteiger partial charge on any atom is -0.241 e. The second-order valence-corrected chi connectivity index (χ2v) is 8.16. The van der Waals surface area contributed by atoms with Gasteiger partial charge in [0.2, 0.25) is 0 Å². The molecule has 4 heteroatoms. The molecule has 0 N–H and O–H groups in total. The fraction of sp³-hybridized carbons (Fsp3) is 0.0909. The van der Waals surface area contributed by atoms with Crippen molar-refractivity contribution in [1.82, 2.24) is 3.97 Å². The van der Waals surface area contributed by atoms with Gasteiger partial charge in [-0.2, -0.15) is 0 Å². The van der Waals surface area contributed by atoms with E-state index in [1.165, 1.54) is 3.97 Å². The average molecular weight is 361 g/mol. The van der Waals surface area contributed by atoms with Crippen molar-refractivity contribution in [3.63, 3.8) is 0 Å². The topological polar surface area (TPSA) is 39.1 Å². The third-order valence-corrected chi connectivity index (χ3v) is 6.46. The zero-order valence-electron chi connectivity index (χ0n) is 14.4. The normalized spacial score (nSPS) is 13.0. The average Bonchev–Trinajstić information content (AvgIpc) is 3.09. The lowest BCUT2D eigenvalue weighted by atomic mass is 9.93. The summed E-state index contributed by atoms with van der Waals surface area (Å²) >= 11 is 0. The van der Waals surface area contributed by atoms with Gasteiger partial charge in [0.15, 0.2) is 0 Å². The van der Waals surface area contributed by atoms with Gasteiger partial charge >= 0.3 is 0 Å². The van der Waals surface area contributed by atoms with Crippen LogP contribution in [-0.2, 0) is 10.0 Å². The Morgan fingerprint density at radius 2 is 1.35 bits per heavy atom. The first-order valence-electron chi connectivity index (χ1n) is 8.54. The number of hydrogen-bond acceptors (Lipinski definition) is 2. The first kappa shape index (κ1) is 16.6. The summed E-state index contributed by atoms with van der Waals surface area (Å²) in [5, 5.41) is 0.961. The van der Waals surface area contributed by atoms with Crippen LogP contribution in [0.2, 0.25) is 0 Å². The fourth-order valence-electron chi connectivity index (χ4n) is 3.35. The summed E-state index contributed by atoms with van der Waals surface area (Å²) in [5.41, 5.74) is 2.87. The Morgan fingerprint density at radius 1 is 0.769 bits per heavy atom. The summed E-state index contributed by atoms with van der Waals surface area (Å²) in [6.07, 6.45) is 1.77. The zero-order chi connectivity index (χ0) is 18.1. The van der Waals surface area contributed by atoms with Gasteiger partial charge in [-0.3, -0.25) is 0 Å². The molecule has 0 amide bonds. The van der Waals surface area contributed by atoms with E-state index in [0.717, 1.165) is 16.5 Å². The van der Waals surface area contributed by atoms with Crippen LogP contribution in [0.5, 0.6) is 0 Å². The van der Waals surface area contributed by atoms with Crippen LogP contribution in [-0.4, -0.2) is 12.4 Å². The van der Waals surface area contributed by atoms with E-state index in [1.54, 1.807) is 30.5 Å². The van der Waals surface area contributed by atoms with Crippen LogP contribution in [0.15, 0.2) is 96.0 Å². The monoisotopic (exact) mass is 361 g/mol. The van der Waals surface area contributed by atoms with Crippen molar-refractivity contribution in [3.05, 3.63) is 102 Å². The van der Waals surface area contributed by atoms with E-state index in [0.29, 0.717) is 10.4 Å². The molecule has 0 aliphatic carbocycles. The Morgan fingerprint density at radius 3 is 2.04 bits per heavy atom. The summed E-state index contributed by atoms with van der Waals surface area (Å²) in [5.74, 6) is 0.0910. The smallest absolute Gasteiger partial charge is 0.241 e. The van der Waals surface area contributed by atoms with Crippen LogP contribution in [0, 0.1) is 0 Å². The van der Waals surface area contributed by atoms with Gasteiger partial charge in [0.25, 0.3) is 10.0 Å². The van der Waals surface area contributed by atoms with Crippen molar-refractivity contribution in [1.29, 1.82) is 0 Å². The standard InChI is InChI=1S/C22H19NO2S/c1-17(18-10-4-2-5-11-18)21-16-23(22-15-9-8-14-20(21)22)26(24,25)19-12-6-3-7-13-19/h2-17H,1H3/t17-/m0/s1. The fourth-order valence-corrected chi connectivity index (χ4v) is 4.75. The van der Waals surface area contributed by atoms with Gasteiger partial charge in [0.1, 0.15) is 0 Å². The molecular weight excluding hydrogens is 342 g/mol. The van der Waals surface area contributed by atoms with Gasteiger partial charge in [0.05, 0.1) is 10.4 Å². The number of rotatable bonds is 4. The second-order valence-electron chi connectivity index (χ2n) is 6.35. The third-order valence-electron chi connectivity index (χ3n) is 4.77. The summed E-state index contributed by atoms with van der Waals surface area (Å²) in [6, 6.07) is 26.4. The second kappa shape index (κ2) is 6.46. The number of para-hydroxylation sites is 1. The number of aromatic nitrogens is 1. The molecule has 0 saturated heterocycles. The highest BCUT2D eigenvalue weighted by Gasteiger charge is 2.23. The molecule has 1 atom stereocenters. The highest BCUT2D eigenvalue weighted by Crippen LogP contribution is 2.33. The van der Waals surface area contributed by atoms with Crippen LogP contribution in [0.4, 0.5) is 0 Å². The number of benzene rings is 3. The van der Waals surface area contributed by atoms with Gasteiger partial charge in [-0.05, 0) is 29.3 Å². The van der Waals surface area contributed by atoms with E-state index in [9.17, 15) is 8.42 Å². The highest BCUT2D eigenvalue weighted by molar-refractivity contribution is 7.90. The molecule has 0 aliphatic rings. The summed E-state index contributed by atoms with van der Waals surface area (Å²) in [6.45, 7) is 2.11. The molecule has 0 aliphatic heterocycles. The predicted octanol–water partition coefficient (Wildman–Crippen LogP) is 5.03. The van der Waals surface area contributed by atoms with E-state index >= 15 is 0 Å². The van der Waals surface area contributed by atoms with Crippen molar-refractivity contribution in [2.75, 3.05) is 0 Å². The Balaban J connectivity index is 1.93. The van der Waals surface area contributed by atoms with Crippen molar-refractivity contribution >= 4 is 20.9 Å². The molecule has 1 heterocycles. The molecule has 1 aromatic heterocycles. The lowest BCUT2D eigenvalue weighted by molar-refractivity contribution is 0.589. The highest BCUT2D eigenvalue weighted by atomic mass is 32.2. The van der Waals surface area contributed by atoms with Crippen LogP contribution < -0.4 is 0 Å². The molecule has 4 aromatic rings. The molecule has 3 nitrogen and oxygen atoms in total. The maximum Gasteiger partial charge on any atom is 0.268 e. The van der Waals surface area contributed by atoms with Gasteiger partial charge in [-0.15, -0.1) is 0 Å². The van der Waals surface area contributed by atoms with Gasteiger partial charge in [-0.1, -0.05) is 73.7 Å². The predicted molar refractivity (Wildman–Crippen MR) is 105 cm³/mol. The lowest BCUT2D eigenvalue weighted by Crippen LogP contribution is -2.11. The van der Waals surface area contributed by atoms with Crippen molar-refractivity contribution < 1.29 is 8.42 Å². The minimum absolute atomic E-state index is 0.0910.